The number of halogens is 1. The molecule has 2 aromatic rings. The van der Waals surface area contributed by atoms with Gasteiger partial charge in [0.2, 0.25) is 5.72 Å². The molecular weight excluding hydrogens is 646 g/mol. The Kier molecular flexibility index (Phi) is 14.8. The molecule has 11 heteroatoms. The molecule has 0 aromatic heterocycles. The van der Waals surface area contributed by atoms with Crippen LogP contribution in [0.1, 0.15) is 115 Å². The van der Waals surface area contributed by atoms with Gasteiger partial charge < -0.3 is 20.1 Å². The highest BCUT2D eigenvalue weighted by molar-refractivity contribution is 6.50. The number of alkyl halides is 1. The average molecular weight is 698 g/mol. The van der Waals surface area contributed by atoms with Gasteiger partial charge in [-0.05, 0) is 37.1 Å². The standard InChI is InChI=1S/C38H52ClN3O7/c1-6-8-9-10-11-12-13-14-15-19-25-48-31(43)29-23-20-24-30(26-29)40-33(45)38(39,32(44)36(3,4)5)42-34(46)37(49-7-2,41-35(42)47)27-28-21-17-16-18-22-28/h16-18,20-24,26H,6-15,19,25,27H2,1-5H3,(H,40,45)(H,41,47). The number of ether oxygens (including phenoxy) is 2. The summed E-state index contributed by atoms with van der Waals surface area (Å²) in [4.78, 5) is 66.0. The predicted octanol–water partition coefficient (Wildman–Crippen LogP) is 7.78. The SMILES string of the molecule is CCCCCCCCCCCCOC(=O)c1cccc(NC(=O)C(Cl)(C(=O)C(C)(C)C)N2C(=O)NC(Cc3ccccc3)(OCC)C2=O)c1. The van der Waals surface area contributed by atoms with Gasteiger partial charge in [-0.2, -0.15) is 0 Å². The van der Waals surface area contributed by atoms with Crippen molar-refractivity contribution in [3.8, 4) is 0 Å². The molecular formula is C38H52ClN3O7. The molecule has 2 atom stereocenters. The Morgan fingerprint density at radius 1 is 0.857 bits per heavy atom. The van der Waals surface area contributed by atoms with Gasteiger partial charge in [-0.15, -0.1) is 0 Å². The molecule has 0 radical (unpaired) electrons. The fraction of sp³-hybridized carbons (Fsp3) is 0.553. The fourth-order valence-corrected chi connectivity index (χ4v) is 6.30. The number of unbranched alkanes of at least 4 members (excludes halogenated alkanes) is 9. The van der Waals surface area contributed by atoms with Gasteiger partial charge in [0.15, 0.2) is 5.78 Å². The van der Waals surface area contributed by atoms with Gasteiger partial charge in [-0.1, -0.05) is 133 Å². The molecule has 2 aromatic carbocycles. The van der Waals surface area contributed by atoms with E-state index < -0.39 is 45.7 Å². The lowest BCUT2D eigenvalue weighted by atomic mass is 9.84. The number of amides is 4. The summed E-state index contributed by atoms with van der Waals surface area (Å²) in [6.45, 7) is 8.78. The number of ketones is 1. The maximum absolute atomic E-state index is 14.1. The Bertz CT molecular complexity index is 1440. The number of nitrogens with one attached hydrogen (secondary N) is 2. The third-order valence-corrected chi connectivity index (χ3v) is 8.94. The molecule has 0 spiro atoms. The molecule has 0 bridgehead atoms. The van der Waals surface area contributed by atoms with Crippen molar-refractivity contribution >= 4 is 46.9 Å². The number of benzene rings is 2. The van der Waals surface area contributed by atoms with Crippen LogP contribution in [0.2, 0.25) is 0 Å². The number of nitrogens with zero attached hydrogens (tertiary/aromatic N) is 1. The van der Waals surface area contributed by atoms with Crippen molar-refractivity contribution in [2.75, 3.05) is 18.5 Å². The Hall–Kier alpha value is -3.76. The quantitative estimate of drug-likeness (QED) is 0.0361. The van der Waals surface area contributed by atoms with Crippen molar-refractivity contribution in [2.24, 2.45) is 5.41 Å². The lowest BCUT2D eigenvalue weighted by molar-refractivity contribution is -0.158. The Morgan fingerprint density at radius 2 is 1.47 bits per heavy atom. The second-order valence-electron chi connectivity index (χ2n) is 13.5. The second-order valence-corrected chi connectivity index (χ2v) is 14.1. The highest BCUT2D eigenvalue weighted by Crippen LogP contribution is 2.38. The third kappa shape index (κ3) is 10.4. The van der Waals surface area contributed by atoms with Crippen LogP contribution in [0.3, 0.4) is 0 Å². The van der Waals surface area contributed by atoms with Gasteiger partial charge in [-0.25, -0.2) is 14.5 Å². The minimum atomic E-state index is -2.79. The summed E-state index contributed by atoms with van der Waals surface area (Å²) < 4.78 is 11.3. The van der Waals surface area contributed by atoms with Gasteiger partial charge in [0.1, 0.15) is 0 Å². The largest absolute Gasteiger partial charge is 0.462 e. The molecule has 1 aliphatic rings. The van der Waals surface area contributed by atoms with Crippen LogP contribution < -0.4 is 10.6 Å². The fourth-order valence-electron chi connectivity index (χ4n) is 5.81. The van der Waals surface area contributed by atoms with Crippen LogP contribution in [0.5, 0.6) is 0 Å². The third-order valence-electron chi connectivity index (χ3n) is 8.43. The number of rotatable bonds is 20. The van der Waals surface area contributed by atoms with E-state index in [9.17, 15) is 24.0 Å². The number of urea groups is 1. The van der Waals surface area contributed by atoms with E-state index in [1.165, 1.54) is 77.8 Å². The van der Waals surface area contributed by atoms with E-state index in [-0.39, 0.29) is 30.9 Å². The molecule has 2 N–H and O–H groups in total. The highest BCUT2D eigenvalue weighted by Gasteiger charge is 2.65. The number of anilines is 1. The molecule has 0 aliphatic carbocycles. The number of imide groups is 1. The van der Waals surface area contributed by atoms with Gasteiger partial charge in [0, 0.05) is 24.1 Å². The normalized spacial score (nSPS) is 17.4. The summed E-state index contributed by atoms with van der Waals surface area (Å²) in [5.74, 6) is -3.57. The molecule has 2 unspecified atom stereocenters. The van der Waals surface area contributed by atoms with Crippen molar-refractivity contribution in [1.29, 1.82) is 0 Å². The van der Waals surface area contributed by atoms with Crippen LogP contribution in [0, 0.1) is 5.41 Å². The summed E-state index contributed by atoms with van der Waals surface area (Å²) in [5, 5.41) is 5.11. The summed E-state index contributed by atoms with van der Waals surface area (Å²) in [7, 11) is 0. The molecule has 0 saturated carbocycles. The zero-order valence-electron chi connectivity index (χ0n) is 29.6. The van der Waals surface area contributed by atoms with Crippen molar-refractivity contribution in [1.82, 2.24) is 10.2 Å². The van der Waals surface area contributed by atoms with Crippen LogP contribution in [0.25, 0.3) is 0 Å². The summed E-state index contributed by atoms with van der Waals surface area (Å²) >= 11 is 6.90. The monoisotopic (exact) mass is 697 g/mol. The van der Waals surface area contributed by atoms with E-state index >= 15 is 0 Å². The van der Waals surface area contributed by atoms with Crippen molar-refractivity contribution in [3.05, 3.63) is 65.7 Å². The molecule has 1 fully saturated rings. The molecule has 10 nitrogen and oxygen atoms in total. The number of hydrogen-bond acceptors (Lipinski definition) is 7. The predicted molar refractivity (Wildman–Crippen MR) is 190 cm³/mol. The minimum absolute atomic E-state index is 0.0451. The van der Waals surface area contributed by atoms with E-state index in [2.05, 4.69) is 17.6 Å². The first-order valence-corrected chi connectivity index (χ1v) is 17.8. The second kappa shape index (κ2) is 18.3. The minimum Gasteiger partial charge on any atom is -0.462 e. The average Bonchev–Trinajstić information content (AvgIpc) is 3.31. The summed E-state index contributed by atoms with van der Waals surface area (Å²) in [6, 6.07) is 13.8. The zero-order valence-corrected chi connectivity index (χ0v) is 30.3. The first-order valence-electron chi connectivity index (χ1n) is 17.5. The molecule has 4 amide bonds. The molecule has 1 aliphatic heterocycles. The smallest absolute Gasteiger partial charge is 0.338 e. The molecule has 1 saturated heterocycles. The number of carbonyl (C=O) groups excluding carboxylic acids is 5. The van der Waals surface area contributed by atoms with E-state index in [1.807, 2.05) is 6.07 Å². The maximum Gasteiger partial charge on any atom is 0.338 e. The van der Waals surface area contributed by atoms with Crippen molar-refractivity contribution in [3.63, 3.8) is 0 Å². The number of Topliss-reactive ketones (excluding diaryl/α,β-unsaturated/α-hetero) is 1. The molecule has 49 heavy (non-hydrogen) atoms. The first-order chi connectivity index (χ1) is 23.3. The first kappa shape index (κ1) is 39.7. The number of hydrogen-bond donors (Lipinski definition) is 2. The van der Waals surface area contributed by atoms with E-state index in [0.717, 1.165) is 19.3 Å². The van der Waals surface area contributed by atoms with Crippen molar-refractivity contribution < 1.29 is 33.4 Å². The maximum atomic E-state index is 14.1. The molecule has 1 heterocycles. The van der Waals surface area contributed by atoms with E-state index in [0.29, 0.717) is 10.5 Å². The van der Waals surface area contributed by atoms with Crippen LogP contribution in [0.4, 0.5) is 10.5 Å². The lowest BCUT2D eigenvalue weighted by Gasteiger charge is -2.36. The van der Waals surface area contributed by atoms with E-state index in [4.69, 9.17) is 21.1 Å². The molecule has 3 rings (SSSR count). The summed E-state index contributed by atoms with van der Waals surface area (Å²) in [6.07, 6.45) is 11.6. The zero-order chi connectivity index (χ0) is 36.1. The Balaban J connectivity index is 1.72. The Morgan fingerprint density at radius 3 is 2.06 bits per heavy atom. The van der Waals surface area contributed by atoms with Crippen LogP contribution in [-0.2, 0) is 30.3 Å². The van der Waals surface area contributed by atoms with Gasteiger partial charge in [0.05, 0.1) is 12.2 Å². The van der Waals surface area contributed by atoms with Gasteiger partial charge >= 0.3 is 12.0 Å². The van der Waals surface area contributed by atoms with Crippen LogP contribution in [0.15, 0.2) is 54.6 Å². The van der Waals surface area contributed by atoms with Crippen molar-refractivity contribution in [2.45, 2.75) is 116 Å². The topological polar surface area (TPSA) is 131 Å². The van der Waals surface area contributed by atoms with Gasteiger partial charge in [0.25, 0.3) is 16.8 Å². The highest BCUT2D eigenvalue weighted by atomic mass is 35.5. The molecule has 268 valence electrons. The number of esters is 1. The summed E-state index contributed by atoms with van der Waals surface area (Å²) in [5.41, 5.74) is -2.17. The Labute approximate surface area is 295 Å². The van der Waals surface area contributed by atoms with Gasteiger partial charge in [-0.3, -0.25) is 14.4 Å². The van der Waals surface area contributed by atoms with Crippen LogP contribution >= 0.6 is 11.6 Å². The lowest BCUT2D eigenvalue weighted by Crippen LogP contribution is -2.64. The van der Waals surface area contributed by atoms with Crippen LogP contribution in [-0.4, -0.2) is 58.4 Å². The van der Waals surface area contributed by atoms with E-state index in [1.54, 1.807) is 43.3 Å². The number of carbonyl (C=O) groups is 5.